The van der Waals surface area contributed by atoms with Crippen LogP contribution in [0, 0.1) is 0 Å². The largest absolute Gasteiger partial charge is 0.326 e. The molecule has 3 nitrogen and oxygen atoms in total. The maximum Gasteiger partial charge on any atom is 0.0501 e. The fourth-order valence-corrected chi connectivity index (χ4v) is 2.83. The average Bonchev–Trinajstić information content (AvgIpc) is 2.49. The van der Waals surface area contributed by atoms with Gasteiger partial charge in [-0.05, 0) is 43.1 Å². The molecule has 1 aromatic heterocycles. The lowest BCUT2D eigenvalue weighted by molar-refractivity contribution is 0.167. The van der Waals surface area contributed by atoms with E-state index in [0.717, 1.165) is 19.5 Å². The van der Waals surface area contributed by atoms with E-state index in [4.69, 9.17) is 5.73 Å². The first-order valence-corrected chi connectivity index (χ1v) is 7.66. The summed E-state index contributed by atoms with van der Waals surface area (Å²) in [6, 6.07) is 15.0. The van der Waals surface area contributed by atoms with Gasteiger partial charge in [-0.15, -0.1) is 0 Å². The number of nitrogens with zero attached hydrogens (tertiary/aromatic N) is 2. The third kappa shape index (κ3) is 4.38. The van der Waals surface area contributed by atoms with Gasteiger partial charge < -0.3 is 5.73 Å². The van der Waals surface area contributed by atoms with Gasteiger partial charge in [-0.2, -0.15) is 0 Å². The van der Waals surface area contributed by atoms with Crippen molar-refractivity contribution in [2.45, 2.75) is 38.9 Å². The monoisotopic (exact) mass is 283 g/mol. The van der Waals surface area contributed by atoms with Crippen LogP contribution >= 0.6 is 0 Å². The highest BCUT2D eigenvalue weighted by molar-refractivity contribution is 5.19. The molecule has 0 bridgehead atoms. The van der Waals surface area contributed by atoms with E-state index in [-0.39, 0.29) is 12.1 Å². The zero-order valence-corrected chi connectivity index (χ0v) is 12.9. The summed E-state index contributed by atoms with van der Waals surface area (Å²) in [4.78, 5) is 6.58. The molecule has 1 aromatic carbocycles. The van der Waals surface area contributed by atoms with Crippen LogP contribution in [-0.4, -0.2) is 22.5 Å². The van der Waals surface area contributed by atoms with Crippen LogP contribution in [-0.2, 0) is 6.54 Å². The molecule has 21 heavy (non-hydrogen) atoms. The lowest BCUT2D eigenvalue weighted by Gasteiger charge is -2.34. The third-order valence-corrected chi connectivity index (χ3v) is 3.68. The van der Waals surface area contributed by atoms with Crippen molar-refractivity contribution in [3.63, 3.8) is 0 Å². The smallest absolute Gasteiger partial charge is 0.0501 e. The highest BCUT2D eigenvalue weighted by Gasteiger charge is 2.23. The topological polar surface area (TPSA) is 42.2 Å². The Balaban J connectivity index is 2.25. The van der Waals surface area contributed by atoms with Crippen LogP contribution < -0.4 is 5.73 Å². The number of hydrogen-bond acceptors (Lipinski definition) is 3. The summed E-state index contributed by atoms with van der Waals surface area (Å²) in [5, 5.41) is 0. The lowest BCUT2D eigenvalue weighted by Crippen LogP contribution is -2.39. The molecule has 0 aliphatic carbocycles. The van der Waals surface area contributed by atoms with Crippen molar-refractivity contribution in [2.75, 3.05) is 6.54 Å². The van der Waals surface area contributed by atoms with Gasteiger partial charge in [0.1, 0.15) is 0 Å². The van der Waals surface area contributed by atoms with E-state index in [2.05, 4.69) is 66.2 Å². The van der Waals surface area contributed by atoms with Gasteiger partial charge in [0, 0.05) is 25.0 Å². The predicted molar refractivity (Wildman–Crippen MR) is 87.8 cm³/mol. The van der Waals surface area contributed by atoms with Gasteiger partial charge in [-0.25, -0.2) is 0 Å². The average molecular weight is 283 g/mol. The Morgan fingerprint density at radius 2 is 1.76 bits per heavy atom. The molecule has 0 amide bonds. The summed E-state index contributed by atoms with van der Waals surface area (Å²) in [6.07, 6.45) is 4.80. The molecule has 3 heteroatoms. The van der Waals surface area contributed by atoms with Crippen molar-refractivity contribution >= 4 is 0 Å². The Labute approximate surface area is 127 Å². The van der Waals surface area contributed by atoms with Crippen LogP contribution in [0.1, 0.15) is 37.4 Å². The van der Waals surface area contributed by atoms with Crippen LogP contribution in [0.15, 0.2) is 54.9 Å². The highest BCUT2D eigenvalue weighted by atomic mass is 15.2. The molecule has 0 saturated heterocycles. The number of rotatable bonds is 7. The van der Waals surface area contributed by atoms with Crippen molar-refractivity contribution in [1.82, 2.24) is 9.88 Å². The fourth-order valence-electron chi connectivity index (χ4n) is 2.83. The summed E-state index contributed by atoms with van der Waals surface area (Å²) in [7, 11) is 0. The standard InChI is InChI=1S/C18H25N3/c1-3-13-21(14-16-7-5-4-6-8-16)18(15(2)19)17-9-11-20-12-10-17/h4-12,15,18H,3,13-14,19H2,1-2H3. The molecule has 2 atom stereocenters. The van der Waals surface area contributed by atoms with Crippen LogP contribution in [0.4, 0.5) is 0 Å². The van der Waals surface area contributed by atoms with Crippen LogP contribution in [0.2, 0.25) is 0 Å². The van der Waals surface area contributed by atoms with E-state index in [1.807, 2.05) is 12.4 Å². The van der Waals surface area contributed by atoms with Crippen LogP contribution in [0.3, 0.4) is 0 Å². The first-order chi connectivity index (χ1) is 10.2. The number of nitrogens with two attached hydrogens (primary N) is 1. The minimum atomic E-state index is 0.0719. The first-order valence-electron chi connectivity index (χ1n) is 7.66. The second kappa shape index (κ2) is 7.91. The SMILES string of the molecule is CCCN(Cc1ccccc1)C(c1ccncc1)C(C)N. The molecular formula is C18H25N3. The quantitative estimate of drug-likeness (QED) is 0.847. The fraction of sp³-hybridized carbons (Fsp3) is 0.389. The van der Waals surface area contributed by atoms with E-state index in [1.165, 1.54) is 11.1 Å². The van der Waals surface area contributed by atoms with Crippen molar-refractivity contribution in [2.24, 2.45) is 5.73 Å². The number of benzene rings is 1. The molecule has 0 aliphatic heterocycles. The molecule has 0 aliphatic rings. The van der Waals surface area contributed by atoms with Gasteiger partial charge in [0.15, 0.2) is 0 Å². The van der Waals surface area contributed by atoms with Crippen molar-refractivity contribution in [1.29, 1.82) is 0 Å². The minimum Gasteiger partial charge on any atom is -0.326 e. The van der Waals surface area contributed by atoms with Crippen LogP contribution in [0.5, 0.6) is 0 Å². The summed E-state index contributed by atoms with van der Waals surface area (Å²) in [5.41, 5.74) is 8.86. The van der Waals surface area contributed by atoms with Gasteiger partial charge in [0.05, 0.1) is 6.04 Å². The van der Waals surface area contributed by atoms with Gasteiger partial charge in [0.2, 0.25) is 0 Å². The summed E-state index contributed by atoms with van der Waals surface area (Å²) >= 11 is 0. The normalized spacial score (nSPS) is 14.1. The molecular weight excluding hydrogens is 258 g/mol. The molecule has 2 aromatic rings. The molecule has 112 valence electrons. The molecule has 2 N–H and O–H groups in total. The Hall–Kier alpha value is -1.71. The zero-order valence-electron chi connectivity index (χ0n) is 12.9. The van der Waals surface area contributed by atoms with Crippen molar-refractivity contribution in [3.05, 3.63) is 66.0 Å². The van der Waals surface area contributed by atoms with Gasteiger partial charge in [0.25, 0.3) is 0 Å². The van der Waals surface area contributed by atoms with Gasteiger partial charge in [-0.1, -0.05) is 37.3 Å². The van der Waals surface area contributed by atoms with Gasteiger partial charge >= 0.3 is 0 Å². The summed E-state index contributed by atoms with van der Waals surface area (Å²) in [6.45, 7) is 6.24. The number of hydrogen-bond donors (Lipinski definition) is 1. The van der Waals surface area contributed by atoms with E-state index in [1.54, 1.807) is 0 Å². The number of pyridine rings is 1. The molecule has 0 spiro atoms. The molecule has 2 rings (SSSR count). The summed E-state index contributed by atoms with van der Waals surface area (Å²) in [5.74, 6) is 0. The number of aromatic nitrogens is 1. The van der Waals surface area contributed by atoms with Crippen molar-refractivity contribution in [3.8, 4) is 0 Å². The Kier molecular flexibility index (Phi) is 5.90. The molecule has 2 unspecified atom stereocenters. The van der Waals surface area contributed by atoms with Gasteiger partial charge in [-0.3, -0.25) is 9.88 Å². The van der Waals surface area contributed by atoms with Crippen molar-refractivity contribution < 1.29 is 0 Å². The Morgan fingerprint density at radius 1 is 1.10 bits per heavy atom. The van der Waals surface area contributed by atoms with Crippen LogP contribution in [0.25, 0.3) is 0 Å². The zero-order chi connectivity index (χ0) is 15.1. The maximum absolute atomic E-state index is 6.29. The molecule has 0 saturated carbocycles. The maximum atomic E-state index is 6.29. The molecule has 0 fully saturated rings. The molecule has 0 radical (unpaired) electrons. The Bertz CT molecular complexity index is 511. The highest BCUT2D eigenvalue weighted by Crippen LogP contribution is 2.25. The lowest BCUT2D eigenvalue weighted by atomic mass is 9.99. The minimum absolute atomic E-state index is 0.0719. The molecule has 1 heterocycles. The predicted octanol–water partition coefficient (Wildman–Crippen LogP) is 3.38. The second-order valence-electron chi connectivity index (χ2n) is 5.54. The first kappa shape index (κ1) is 15.7. The van der Waals surface area contributed by atoms with E-state index >= 15 is 0 Å². The van der Waals surface area contributed by atoms with E-state index in [0.29, 0.717) is 0 Å². The summed E-state index contributed by atoms with van der Waals surface area (Å²) < 4.78 is 0. The Morgan fingerprint density at radius 3 is 2.33 bits per heavy atom. The third-order valence-electron chi connectivity index (χ3n) is 3.68. The van der Waals surface area contributed by atoms with E-state index < -0.39 is 0 Å². The second-order valence-corrected chi connectivity index (χ2v) is 5.54. The van der Waals surface area contributed by atoms with E-state index in [9.17, 15) is 0 Å².